The number of hydrogen-bond donors (Lipinski definition) is 1. The highest BCUT2D eigenvalue weighted by atomic mass is 35.5. The molecule has 16 heteroatoms. The van der Waals surface area contributed by atoms with Crippen molar-refractivity contribution in [1.29, 1.82) is 0 Å². The van der Waals surface area contributed by atoms with Gasteiger partial charge in [-0.1, -0.05) is 51.1 Å². The topological polar surface area (TPSA) is 104 Å². The molecule has 3 aromatic rings. The van der Waals surface area contributed by atoms with Crippen molar-refractivity contribution < 1.29 is 22.4 Å². The molecule has 0 bridgehead atoms. The van der Waals surface area contributed by atoms with Crippen molar-refractivity contribution in [2.24, 2.45) is 0 Å². The molecule has 2 saturated heterocycles. The van der Waals surface area contributed by atoms with Crippen molar-refractivity contribution in [3.05, 3.63) is 56.7 Å². The number of alkyl halides is 3. The number of likely N-dealkylation sites (N-methyl/N-ethyl adjacent to an activating group) is 1. The zero-order valence-corrected chi connectivity index (χ0v) is 25.5. The van der Waals surface area contributed by atoms with Crippen molar-refractivity contribution in [2.45, 2.75) is 33.5 Å². The molecule has 5 rings (SSSR count). The highest BCUT2D eigenvalue weighted by Crippen LogP contribution is 2.39. The Bertz CT molecular complexity index is 1660. The molecule has 2 aliphatic rings. The fourth-order valence-electron chi connectivity index (χ4n) is 5.64. The number of nitrogen functional groups attached to an aromatic ring is 1. The third-order valence-corrected chi connectivity index (χ3v) is 8.67. The van der Waals surface area contributed by atoms with Crippen LogP contribution in [0.25, 0.3) is 16.6 Å². The first-order valence-corrected chi connectivity index (χ1v) is 14.7. The number of hydrogen-bond acceptors (Lipinski definition) is 8. The minimum atomic E-state index is -5.14. The number of anilines is 3. The number of nitrogens with zero attached hydrogens (tertiary/aromatic N) is 7. The second-order valence-electron chi connectivity index (χ2n) is 10.5. The number of halogens is 6. The maximum atomic E-state index is 15.3. The van der Waals surface area contributed by atoms with Gasteiger partial charge in [0.1, 0.15) is 22.7 Å². The minimum absolute atomic E-state index is 0. The van der Waals surface area contributed by atoms with Gasteiger partial charge in [0, 0.05) is 45.3 Å². The third-order valence-electron chi connectivity index (χ3n) is 8.08. The lowest BCUT2D eigenvalue weighted by Crippen LogP contribution is -2.60. The Hall–Kier alpha value is -3.62. The van der Waals surface area contributed by atoms with E-state index >= 15 is 4.39 Å². The van der Waals surface area contributed by atoms with E-state index in [9.17, 15) is 22.8 Å². The molecule has 0 atom stereocenters. The molecule has 2 N–H and O–H groups in total. The number of benzene rings is 1. The Morgan fingerprint density at radius 1 is 1.09 bits per heavy atom. The predicted octanol–water partition coefficient (Wildman–Crippen LogP) is 4.83. The number of fused-ring (bicyclic) bond motifs is 1. The third kappa shape index (κ3) is 6.15. The van der Waals surface area contributed by atoms with Gasteiger partial charge in [-0.05, 0) is 31.3 Å². The zero-order chi connectivity index (χ0) is 32.1. The monoisotopic (exact) mass is 672 g/mol. The minimum Gasteiger partial charge on any atom is -0.396 e. The smallest absolute Gasteiger partial charge is 0.396 e. The van der Waals surface area contributed by atoms with Crippen molar-refractivity contribution in [1.82, 2.24) is 24.3 Å². The first-order chi connectivity index (χ1) is 20.8. The van der Waals surface area contributed by atoms with Crippen LogP contribution >= 0.6 is 23.2 Å². The SMILES string of the molecule is C.C=CC(=O)N1CCN(c2nc(N3CC(N(CC)CC)C3)nc3c(=O)n(-c4c(N)c(Cl)cc(Cl)c4F)c(C(F)(F)F)cc23)CC1. The van der Waals surface area contributed by atoms with Crippen LogP contribution in [0.4, 0.5) is 35.0 Å². The maximum Gasteiger partial charge on any atom is 0.431 e. The van der Waals surface area contributed by atoms with Gasteiger partial charge in [0.15, 0.2) is 5.82 Å². The van der Waals surface area contributed by atoms with Crippen molar-refractivity contribution in [2.75, 3.05) is 67.9 Å². The average molecular weight is 674 g/mol. The molecule has 45 heavy (non-hydrogen) atoms. The van der Waals surface area contributed by atoms with Gasteiger partial charge in [-0.25, -0.2) is 9.37 Å². The van der Waals surface area contributed by atoms with Gasteiger partial charge in [0.05, 0.1) is 21.1 Å². The van der Waals surface area contributed by atoms with E-state index < -0.39 is 39.6 Å². The molecule has 0 saturated carbocycles. The van der Waals surface area contributed by atoms with Crippen LogP contribution in [-0.4, -0.2) is 88.6 Å². The molecule has 1 aromatic carbocycles. The average Bonchev–Trinajstić information content (AvgIpc) is 2.97. The van der Waals surface area contributed by atoms with E-state index in [2.05, 4.69) is 21.4 Å². The van der Waals surface area contributed by atoms with Gasteiger partial charge in [-0.3, -0.25) is 19.1 Å². The first-order valence-electron chi connectivity index (χ1n) is 13.9. The standard InChI is InChI=1S/C28H30Cl2F4N8O2.CH4/c1-4-20(43)39-7-9-40(10-8-39)25-16-11-19(28(32,33)34)42(24-21(31)17(29)12-18(30)22(24)35)26(44)23(16)36-27(37-25)41-13-15(14-41)38(5-2)6-3;/h4,11-12,15H,1,5-10,13-14,35H2,2-3H3;1H4. The zero-order valence-electron chi connectivity index (χ0n) is 24.0. The van der Waals surface area contributed by atoms with Gasteiger partial charge >= 0.3 is 6.18 Å². The molecule has 2 aliphatic heterocycles. The van der Waals surface area contributed by atoms with Gasteiger partial charge in [0.25, 0.3) is 5.56 Å². The summed E-state index contributed by atoms with van der Waals surface area (Å²) in [6.07, 6.45) is -3.95. The second kappa shape index (κ2) is 13.0. The van der Waals surface area contributed by atoms with E-state index in [1.165, 1.54) is 6.08 Å². The summed E-state index contributed by atoms with van der Waals surface area (Å²) < 4.78 is 59.3. The van der Waals surface area contributed by atoms with Crippen LogP contribution in [0.5, 0.6) is 0 Å². The number of rotatable bonds is 7. The summed E-state index contributed by atoms with van der Waals surface area (Å²) in [7, 11) is 0. The van der Waals surface area contributed by atoms with Gasteiger partial charge in [-0.2, -0.15) is 18.2 Å². The van der Waals surface area contributed by atoms with Crippen molar-refractivity contribution >= 4 is 57.5 Å². The summed E-state index contributed by atoms with van der Waals surface area (Å²) >= 11 is 12.0. The van der Waals surface area contributed by atoms with Gasteiger partial charge in [-0.15, -0.1) is 0 Å². The fraction of sp³-hybridized carbons (Fsp3) is 0.448. The van der Waals surface area contributed by atoms with Crippen LogP contribution in [0.15, 0.2) is 29.6 Å². The van der Waals surface area contributed by atoms with Gasteiger partial charge in [0.2, 0.25) is 11.9 Å². The summed E-state index contributed by atoms with van der Waals surface area (Å²) in [5, 5.41) is -1.12. The summed E-state index contributed by atoms with van der Waals surface area (Å²) in [5.41, 5.74) is 1.26. The van der Waals surface area contributed by atoms with E-state index in [1.54, 1.807) is 9.80 Å². The highest BCUT2D eigenvalue weighted by molar-refractivity contribution is 6.37. The molecule has 0 radical (unpaired) electrons. The lowest BCUT2D eigenvalue weighted by Gasteiger charge is -2.45. The molecule has 10 nitrogen and oxygen atoms in total. The van der Waals surface area contributed by atoms with Gasteiger partial charge < -0.3 is 20.4 Å². The van der Waals surface area contributed by atoms with Crippen LogP contribution in [0.2, 0.25) is 10.0 Å². The number of carbonyl (C=O) groups is 1. The second-order valence-corrected chi connectivity index (χ2v) is 11.3. The van der Waals surface area contributed by atoms with E-state index in [0.717, 1.165) is 19.2 Å². The largest absolute Gasteiger partial charge is 0.431 e. The number of carbonyl (C=O) groups excluding carboxylic acids is 1. The maximum absolute atomic E-state index is 15.3. The van der Waals surface area contributed by atoms with E-state index in [1.807, 2.05) is 18.7 Å². The lowest BCUT2D eigenvalue weighted by atomic mass is 10.1. The number of aromatic nitrogens is 3. The van der Waals surface area contributed by atoms with E-state index in [0.29, 0.717) is 19.2 Å². The Kier molecular flexibility index (Phi) is 9.90. The summed E-state index contributed by atoms with van der Waals surface area (Å²) in [5.74, 6) is -1.39. The molecule has 4 heterocycles. The molecular weight excluding hydrogens is 639 g/mol. The normalized spacial score (nSPS) is 15.8. The molecule has 0 spiro atoms. The van der Waals surface area contributed by atoms with Crippen LogP contribution in [0.1, 0.15) is 27.0 Å². The molecule has 0 unspecified atom stereocenters. The van der Waals surface area contributed by atoms with Crippen LogP contribution < -0.4 is 21.1 Å². The Labute approximate surface area is 267 Å². The Morgan fingerprint density at radius 2 is 1.71 bits per heavy atom. The summed E-state index contributed by atoms with van der Waals surface area (Å²) in [4.78, 5) is 42.6. The molecule has 0 aliphatic carbocycles. The van der Waals surface area contributed by atoms with Crippen LogP contribution in [0, 0.1) is 5.82 Å². The number of pyridine rings is 1. The summed E-state index contributed by atoms with van der Waals surface area (Å²) in [6.45, 7) is 11.3. The summed E-state index contributed by atoms with van der Waals surface area (Å²) in [6, 6.07) is 1.86. The Morgan fingerprint density at radius 3 is 2.27 bits per heavy atom. The van der Waals surface area contributed by atoms with E-state index in [4.69, 9.17) is 28.9 Å². The van der Waals surface area contributed by atoms with Crippen LogP contribution in [0.3, 0.4) is 0 Å². The molecule has 244 valence electrons. The fourth-order valence-corrected chi connectivity index (χ4v) is 6.10. The number of piperazine rings is 1. The molecule has 2 aromatic heterocycles. The first kappa shape index (κ1) is 34.3. The number of amides is 1. The van der Waals surface area contributed by atoms with Crippen molar-refractivity contribution in [3.63, 3.8) is 0 Å². The van der Waals surface area contributed by atoms with E-state index in [-0.39, 0.29) is 77.8 Å². The van der Waals surface area contributed by atoms with Crippen LogP contribution in [-0.2, 0) is 11.0 Å². The quantitative estimate of drug-likeness (QED) is 0.165. The Balaban J connectivity index is 0.00000461. The molecular formula is C29H34Cl2F4N8O2. The highest BCUT2D eigenvalue weighted by Gasteiger charge is 2.39. The van der Waals surface area contributed by atoms with Crippen molar-refractivity contribution in [3.8, 4) is 5.69 Å². The molecule has 2 fully saturated rings. The number of nitrogens with two attached hydrogens (primary N) is 1. The molecule has 1 amide bonds. The lowest BCUT2D eigenvalue weighted by molar-refractivity contribution is -0.142. The predicted molar refractivity (Wildman–Crippen MR) is 169 cm³/mol.